The molecule has 1 unspecified atom stereocenters. The second-order valence-corrected chi connectivity index (χ2v) is 8.65. The van der Waals surface area contributed by atoms with Crippen LogP contribution in [0.4, 0.5) is 10.5 Å². The van der Waals surface area contributed by atoms with Crippen molar-refractivity contribution in [2.75, 3.05) is 19.1 Å². The van der Waals surface area contributed by atoms with Crippen molar-refractivity contribution < 1.29 is 19.0 Å². The van der Waals surface area contributed by atoms with Crippen molar-refractivity contribution in [2.24, 2.45) is 0 Å². The summed E-state index contributed by atoms with van der Waals surface area (Å²) >= 11 is 3.55. The molecule has 1 aliphatic rings. The normalized spacial score (nSPS) is 16.4. The maximum Gasteiger partial charge on any atom is 0.415 e. The van der Waals surface area contributed by atoms with Crippen LogP contribution in [0.3, 0.4) is 0 Å². The van der Waals surface area contributed by atoms with Crippen LogP contribution < -0.4 is 14.4 Å². The Morgan fingerprint density at radius 3 is 2.36 bits per heavy atom. The Labute approximate surface area is 174 Å². The minimum absolute atomic E-state index is 0.117. The highest BCUT2D eigenvalue weighted by Crippen LogP contribution is 2.43. The van der Waals surface area contributed by atoms with Crippen molar-refractivity contribution in [1.82, 2.24) is 0 Å². The minimum atomic E-state index is -0.581. The SMILES string of the molecule is COc1ccc(C2CCc3cc(OC)c(Br)cc3N2C(=O)OC(C)(C)C)cc1. The molecule has 0 aromatic heterocycles. The molecular formula is C22H26BrNO4. The summed E-state index contributed by atoms with van der Waals surface area (Å²) in [5.74, 6) is 1.54. The molecular weight excluding hydrogens is 422 g/mol. The second-order valence-electron chi connectivity index (χ2n) is 7.79. The van der Waals surface area contributed by atoms with Crippen LogP contribution in [0.15, 0.2) is 40.9 Å². The number of benzene rings is 2. The smallest absolute Gasteiger partial charge is 0.415 e. The number of fused-ring (bicyclic) bond motifs is 1. The Balaban J connectivity index is 2.06. The number of carbonyl (C=O) groups excluding carboxylic acids is 1. The monoisotopic (exact) mass is 447 g/mol. The number of methoxy groups -OCH3 is 2. The van der Waals surface area contributed by atoms with Gasteiger partial charge in [0, 0.05) is 0 Å². The summed E-state index contributed by atoms with van der Waals surface area (Å²) in [6, 6.07) is 11.7. The van der Waals surface area contributed by atoms with Crippen LogP contribution >= 0.6 is 15.9 Å². The Morgan fingerprint density at radius 2 is 1.79 bits per heavy atom. The standard InChI is InChI=1S/C22H26BrNO4/c1-22(2,3)28-21(25)24-18(14-6-9-16(26-4)10-7-14)11-8-15-12-20(27-5)17(23)13-19(15)24/h6-7,9-10,12-13,18H,8,11H2,1-5H3. The van der Waals surface area contributed by atoms with Crippen LogP contribution in [0.2, 0.25) is 0 Å². The summed E-state index contributed by atoms with van der Waals surface area (Å²) in [5, 5.41) is 0. The molecule has 0 fully saturated rings. The predicted octanol–water partition coefficient (Wildman–Crippen LogP) is 5.90. The molecule has 6 heteroatoms. The summed E-state index contributed by atoms with van der Waals surface area (Å²) in [6.07, 6.45) is 1.28. The van der Waals surface area contributed by atoms with Crippen LogP contribution in [-0.2, 0) is 11.2 Å². The van der Waals surface area contributed by atoms with E-state index in [1.54, 1.807) is 19.1 Å². The second kappa shape index (κ2) is 8.03. The van der Waals surface area contributed by atoms with Crippen LogP contribution in [0.5, 0.6) is 11.5 Å². The topological polar surface area (TPSA) is 48.0 Å². The van der Waals surface area contributed by atoms with Crippen molar-refractivity contribution in [2.45, 2.75) is 45.3 Å². The van der Waals surface area contributed by atoms with Gasteiger partial charge in [-0.1, -0.05) is 12.1 Å². The largest absolute Gasteiger partial charge is 0.497 e. The molecule has 1 amide bonds. The molecule has 1 heterocycles. The van der Waals surface area contributed by atoms with E-state index in [2.05, 4.69) is 15.9 Å². The number of aryl methyl sites for hydroxylation is 1. The number of hydrogen-bond donors (Lipinski definition) is 0. The molecule has 2 aromatic carbocycles. The average molecular weight is 448 g/mol. The van der Waals surface area contributed by atoms with Gasteiger partial charge in [0.1, 0.15) is 17.1 Å². The number of carbonyl (C=O) groups is 1. The quantitative estimate of drug-likeness (QED) is 0.587. The van der Waals surface area contributed by atoms with E-state index in [1.165, 1.54) is 0 Å². The van der Waals surface area contributed by atoms with Gasteiger partial charge in [0.25, 0.3) is 0 Å². The number of nitrogens with zero attached hydrogens (tertiary/aromatic N) is 1. The van der Waals surface area contributed by atoms with Crippen LogP contribution in [-0.4, -0.2) is 25.9 Å². The maximum absolute atomic E-state index is 13.2. The van der Waals surface area contributed by atoms with Gasteiger partial charge >= 0.3 is 6.09 Å². The minimum Gasteiger partial charge on any atom is -0.497 e. The van der Waals surface area contributed by atoms with Gasteiger partial charge < -0.3 is 14.2 Å². The first-order chi connectivity index (χ1) is 13.2. The Kier molecular flexibility index (Phi) is 5.89. The fourth-order valence-electron chi connectivity index (χ4n) is 3.43. The summed E-state index contributed by atoms with van der Waals surface area (Å²) < 4.78 is 17.2. The number of ether oxygens (including phenoxy) is 3. The first-order valence-electron chi connectivity index (χ1n) is 9.26. The van der Waals surface area contributed by atoms with Crippen molar-refractivity contribution in [1.29, 1.82) is 0 Å². The molecule has 0 saturated heterocycles. The van der Waals surface area contributed by atoms with Crippen molar-refractivity contribution >= 4 is 27.7 Å². The maximum atomic E-state index is 13.2. The lowest BCUT2D eigenvalue weighted by Crippen LogP contribution is -2.42. The van der Waals surface area contributed by atoms with Gasteiger partial charge in [-0.15, -0.1) is 0 Å². The highest BCUT2D eigenvalue weighted by Gasteiger charge is 2.35. The fourth-order valence-corrected chi connectivity index (χ4v) is 3.93. The van der Waals surface area contributed by atoms with Gasteiger partial charge in [0.2, 0.25) is 0 Å². The number of anilines is 1. The van der Waals surface area contributed by atoms with E-state index < -0.39 is 5.60 Å². The van der Waals surface area contributed by atoms with Gasteiger partial charge in [0.15, 0.2) is 0 Å². The van der Waals surface area contributed by atoms with Crippen molar-refractivity contribution in [3.05, 3.63) is 52.0 Å². The van der Waals surface area contributed by atoms with Crippen LogP contribution in [0.25, 0.3) is 0 Å². The number of halogens is 1. The summed E-state index contributed by atoms with van der Waals surface area (Å²) in [4.78, 5) is 14.9. The zero-order valence-electron chi connectivity index (χ0n) is 16.9. The lowest BCUT2D eigenvalue weighted by atomic mass is 9.91. The molecule has 2 aromatic rings. The molecule has 3 rings (SSSR count). The number of hydrogen-bond acceptors (Lipinski definition) is 4. The fraction of sp³-hybridized carbons (Fsp3) is 0.409. The first kappa shape index (κ1) is 20.5. The molecule has 0 bridgehead atoms. The van der Waals surface area contributed by atoms with E-state index in [9.17, 15) is 4.79 Å². The highest BCUT2D eigenvalue weighted by molar-refractivity contribution is 9.10. The first-order valence-corrected chi connectivity index (χ1v) is 10.1. The van der Waals surface area contributed by atoms with Crippen LogP contribution in [0, 0.1) is 0 Å². The summed E-state index contributed by atoms with van der Waals surface area (Å²) in [5.41, 5.74) is 2.37. The Bertz CT molecular complexity index is 858. The number of rotatable bonds is 3. The molecule has 150 valence electrons. The number of amides is 1. The molecule has 1 aliphatic heterocycles. The van der Waals surface area contributed by atoms with E-state index in [4.69, 9.17) is 14.2 Å². The summed E-state index contributed by atoms with van der Waals surface area (Å²) in [7, 11) is 3.28. The van der Waals surface area contributed by atoms with Crippen molar-refractivity contribution in [3.8, 4) is 11.5 Å². The predicted molar refractivity (Wildman–Crippen MR) is 113 cm³/mol. The average Bonchev–Trinajstić information content (AvgIpc) is 2.65. The van der Waals surface area contributed by atoms with E-state index in [-0.39, 0.29) is 12.1 Å². The van der Waals surface area contributed by atoms with Gasteiger partial charge in [-0.25, -0.2) is 4.79 Å². The van der Waals surface area contributed by atoms with E-state index in [0.717, 1.165) is 45.6 Å². The third-order valence-electron chi connectivity index (χ3n) is 4.70. The lowest BCUT2D eigenvalue weighted by molar-refractivity contribution is 0.0560. The molecule has 0 aliphatic carbocycles. The van der Waals surface area contributed by atoms with Gasteiger partial charge in [0.05, 0.1) is 30.4 Å². The molecule has 28 heavy (non-hydrogen) atoms. The van der Waals surface area contributed by atoms with Crippen molar-refractivity contribution in [3.63, 3.8) is 0 Å². The van der Waals surface area contributed by atoms with E-state index in [1.807, 2.05) is 57.2 Å². The van der Waals surface area contributed by atoms with E-state index >= 15 is 0 Å². The third-order valence-corrected chi connectivity index (χ3v) is 5.32. The lowest BCUT2D eigenvalue weighted by Gasteiger charge is -2.38. The van der Waals surface area contributed by atoms with Crippen LogP contribution in [0.1, 0.15) is 44.4 Å². The van der Waals surface area contributed by atoms with Gasteiger partial charge in [-0.2, -0.15) is 0 Å². The van der Waals surface area contributed by atoms with E-state index in [0.29, 0.717) is 0 Å². The zero-order chi connectivity index (χ0) is 20.5. The summed E-state index contributed by atoms with van der Waals surface area (Å²) in [6.45, 7) is 5.63. The highest BCUT2D eigenvalue weighted by atomic mass is 79.9. The molecule has 1 atom stereocenters. The molecule has 5 nitrogen and oxygen atoms in total. The molecule has 0 N–H and O–H groups in total. The Hall–Kier alpha value is -2.21. The molecule has 0 radical (unpaired) electrons. The Morgan fingerprint density at radius 1 is 1.11 bits per heavy atom. The zero-order valence-corrected chi connectivity index (χ0v) is 18.5. The third kappa shape index (κ3) is 4.27. The van der Waals surface area contributed by atoms with Gasteiger partial charge in [-0.3, -0.25) is 4.90 Å². The molecule has 0 saturated carbocycles. The van der Waals surface area contributed by atoms with Gasteiger partial charge in [-0.05, 0) is 84.9 Å². The molecule has 0 spiro atoms.